The summed E-state index contributed by atoms with van der Waals surface area (Å²) < 4.78 is 0. The summed E-state index contributed by atoms with van der Waals surface area (Å²) in [6.07, 6.45) is 11.2. The summed E-state index contributed by atoms with van der Waals surface area (Å²) in [5, 5.41) is 7.76. The van der Waals surface area contributed by atoms with Crippen LogP contribution in [0, 0.1) is 0 Å². The van der Waals surface area contributed by atoms with E-state index in [0.717, 1.165) is 11.1 Å². The van der Waals surface area contributed by atoms with Crippen LogP contribution in [0.2, 0.25) is 0 Å². The molecule has 0 fully saturated rings. The Kier molecular flexibility index (Phi) is 6.90. The first kappa shape index (κ1) is 31.5. The summed E-state index contributed by atoms with van der Waals surface area (Å²) >= 11 is 0. The highest BCUT2D eigenvalue weighted by Gasteiger charge is 2.36. The third-order valence-corrected chi connectivity index (χ3v) is 11.9. The van der Waals surface area contributed by atoms with Gasteiger partial charge >= 0.3 is 0 Å². The predicted molar refractivity (Wildman–Crippen MR) is 228 cm³/mol. The zero-order valence-corrected chi connectivity index (χ0v) is 30.6. The topological polar surface area (TPSA) is 38.7 Å². The molecule has 3 aromatic heterocycles. The molecule has 0 spiro atoms. The number of hydrogen-bond acceptors (Lipinski definition) is 3. The second kappa shape index (κ2) is 12.0. The fourth-order valence-corrected chi connectivity index (χ4v) is 9.14. The highest BCUT2D eigenvalue weighted by Crippen LogP contribution is 2.52. The van der Waals surface area contributed by atoms with E-state index >= 15 is 0 Å². The van der Waals surface area contributed by atoms with Gasteiger partial charge in [-0.25, -0.2) is 0 Å². The van der Waals surface area contributed by atoms with E-state index in [1.807, 2.05) is 37.2 Å². The number of fused-ring (bicyclic) bond motifs is 3. The Morgan fingerprint density at radius 1 is 0.309 bits per heavy atom. The molecule has 3 heterocycles. The number of benzene rings is 7. The monoisotopic (exact) mass is 701 g/mol. The summed E-state index contributed by atoms with van der Waals surface area (Å²) in [5.74, 6) is 0. The van der Waals surface area contributed by atoms with Gasteiger partial charge in [-0.05, 0) is 177 Å². The number of nitrogens with zero attached hydrogens (tertiary/aromatic N) is 3. The van der Waals surface area contributed by atoms with E-state index in [2.05, 4.69) is 168 Å². The van der Waals surface area contributed by atoms with Crippen LogP contribution >= 0.6 is 0 Å². The van der Waals surface area contributed by atoms with Gasteiger partial charge in [0, 0.05) is 42.6 Å². The van der Waals surface area contributed by atoms with Crippen molar-refractivity contribution >= 4 is 32.3 Å². The first-order valence-electron chi connectivity index (χ1n) is 18.9. The molecule has 10 aromatic rings. The second-order valence-corrected chi connectivity index (χ2v) is 15.3. The van der Waals surface area contributed by atoms with Crippen molar-refractivity contribution in [2.75, 3.05) is 0 Å². The van der Waals surface area contributed by atoms with E-state index < -0.39 is 0 Å². The molecule has 0 bridgehead atoms. The third-order valence-electron chi connectivity index (χ3n) is 11.9. The Bertz CT molecular complexity index is 3040. The van der Waals surface area contributed by atoms with E-state index in [0.29, 0.717) is 0 Å². The molecular weight excluding hydrogens is 667 g/mol. The molecule has 7 aromatic carbocycles. The molecule has 1 aliphatic rings. The molecule has 0 unspecified atom stereocenters. The summed E-state index contributed by atoms with van der Waals surface area (Å²) in [7, 11) is 0. The summed E-state index contributed by atoms with van der Waals surface area (Å²) in [6, 6.07) is 51.9. The average Bonchev–Trinajstić information content (AvgIpc) is 3.48. The molecule has 0 aliphatic heterocycles. The zero-order chi connectivity index (χ0) is 36.7. The minimum atomic E-state index is -0.184. The lowest BCUT2D eigenvalue weighted by atomic mass is 9.80. The predicted octanol–water partition coefficient (Wildman–Crippen LogP) is 13.4. The molecule has 1 aliphatic carbocycles. The number of rotatable bonds is 5. The SMILES string of the molecule is CC1(C)c2cc(-c3cc(-c4ccncc4)cc(-c4ccncc4)c3)ccc2-c2ccc(-c3ccc4ccc5c(-c6ccncc6)ccc6ccc3c4c65)cc21. The molecule has 11 rings (SSSR count). The van der Waals surface area contributed by atoms with Crippen molar-refractivity contribution in [3.8, 4) is 66.8 Å². The van der Waals surface area contributed by atoms with Crippen LogP contribution in [0.5, 0.6) is 0 Å². The van der Waals surface area contributed by atoms with E-state index in [4.69, 9.17) is 0 Å². The average molecular weight is 702 g/mol. The van der Waals surface area contributed by atoms with Crippen LogP contribution in [0.15, 0.2) is 177 Å². The van der Waals surface area contributed by atoms with Crippen LogP contribution in [-0.4, -0.2) is 15.0 Å². The molecule has 0 radical (unpaired) electrons. The van der Waals surface area contributed by atoms with Crippen molar-refractivity contribution < 1.29 is 0 Å². The maximum absolute atomic E-state index is 4.27. The lowest BCUT2D eigenvalue weighted by molar-refractivity contribution is 0.661. The van der Waals surface area contributed by atoms with Crippen molar-refractivity contribution in [2.45, 2.75) is 19.3 Å². The minimum Gasteiger partial charge on any atom is -0.265 e. The standard InChI is InChI=1S/C52H35N3/c1-52(2)48-30-37(41-28-39(32-15-21-53-22-16-32)27-40(29-41)33-17-23-54-24-18-33)7-11-44(48)45-12-8-38(31-49(45)52)43-10-4-36-5-13-46-42(34-19-25-55-26-20-34)9-3-35-6-14-47(43)51(36)50(35)46/h3-31H,1-2H3. The lowest BCUT2D eigenvalue weighted by Crippen LogP contribution is -2.15. The number of pyridine rings is 3. The fraction of sp³-hybridized carbons (Fsp3) is 0.0577. The van der Waals surface area contributed by atoms with Gasteiger partial charge in [0.25, 0.3) is 0 Å². The molecule has 258 valence electrons. The van der Waals surface area contributed by atoms with Crippen molar-refractivity contribution in [2.24, 2.45) is 0 Å². The molecule has 0 amide bonds. The van der Waals surface area contributed by atoms with Gasteiger partial charge in [0.15, 0.2) is 0 Å². The van der Waals surface area contributed by atoms with Gasteiger partial charge < -0.3 is 0 Å². The molecular formula is C52H35N3. The van der Waals surface area contributed by atoms with E-state index in [-0.39, 0.29) is 5.41 Å². The fourth-order valence-electron chi connectivity index (χ4n) is 9.14. The van der Waals surface area contributed by atoms with Gasteiger partial charge in [-0.1, -0.05) is 86.6 Å². The van der Waals surface area contributed by atoms with E-state index in [1.54, 1.807) is 0 Å². The van der Waals surface area contributed by atoms with E-state index in [9.17, 15) is 0 Å². The van der Waals surface area contributed by atoms with Gasteiger partial charge in [0.1, 0.15) is 0 Å². The lowest BCUT2D eigenvalue weighted by Gasteiger charge is -2.23. The normalized spacial score (nSPS) is 13.1. The van der Waals surface area contributed by atoms with Crippen LogP contribution in [0.25, 0.3) is 99.1 Å². The van der Waals surface area contributed by atoms with Crippen LogP contribution in [0.1, 0.15) is 25.0 Å². The number of aromatic nitrogens is 3. The largest absolute Gasteiger partial charge is 0.265 e. The Morgan fingerprint density at radius 3 is 1.20 bits per heavy atom. The van der Waals surface area contributed by atoms with E-state index in [1.165, 1.54) is 99.1 Å². The maximum Gasteiger partial charge on any atom is 0.0273 e. The van der Waals surface area contributed by atoms with Crippen LogP contribution in [0.3, 0.4) is 0 Å². The third kappa shape index (κ3) is 4.93. The molecule has 3 heteroatoms. The quantitative estimate of drug-likeness (QED) is 0.168. The van der Waals surface area contributed by atoms with Crippen LogP contribution in [0.4, 0.5) is 0 Å². The van der Waals surface area contributed by atoms with Crippen LogP contribution < -0.4 is 0 Å². The molecule has 55 heavy (non-hydrogen) atoms. The van der Waals surface area contributed by atoms with Crippen molar-refractivity contribution in [3.05, 3.63) is 188 Å². The smallest absolute Gasteiger partial charge is 0.0273 e. The van der Waals surface area contributed by atoms with Gasteiger partial charge in [-0.2, -0.15) is 0 Å². The summed E-state index contributed by atoms with van der Waals surface area (Å²) in [4.78, 5) is 12.8. The Hall–Kier alpha value is -6.97. The molecule has 0 N–H and O–H groups in total. The Balaban J connectivity index is 1.03. The summed E-state index contributed by atoms with van der Waals surface area (Å²) in [6.45, 7) is 4.76. The van der Waals surface area contributed by atoms with Gasteiger partial charge in [0.05, 0.1) is 0 Å². The number of hydrogen-bond donors (Lipinski definition) is 0. The molecule has 0 saturated carbocycles. The first-order valence-corrected chi connectivity index (χ1v) is 18.9. The van der Waals surface area contributed by atoms with Crippen molar-refractivity contribution in [1.29, 1.82) is 0 Å². The zero-order valence-electron chi connectivity index (χ0n) is 30.6. The van der Waals surface area contributed by atoms with Gasteiger partial charge in [-0.3, -0.25) is 15.0 Å². The molecule has 0 saturated heterocycles. The maximum atomic E-state index is 4.27. The van der Waals surface area contributed by atoms with Gasteiger partial charge in [-0.15, -0.1) is 0 Å². The van der Waals surface area contributed by atoms with Crippen molar-refractivity contribution in [3.63, 3.8) is 0 Å². The molecule has 3 nitrogen and oxygen atoms in total. The summed E-state index contributed by atoms with van der Waals surface area (Å²) in [5.41, 5.74) is 17.1. The Morgan fingerprint density at radius 2 is 0.691 bits per heavy atom. The highest BCUT2D eigenvalue weighted by atomic mass is 14.6. The molecule has 0 atom stereocenters. The van der Waals surface area contributed by atoms with Crippen LogP contribution in [-0.2, 0) is 5.41 Å². The first-order chi connectivity index (χ1) is 27.0. The minimum absolute atomic E-state index is 0.184. The second-order valence-electron chi connectivity index (χ2n) is 15.3. The van der Waals surface area contributed by atoms with Crippen molar-refractivity contribution in [1.82, 2.24) is 15.0 Å². The Labute approximate surface area is 320 Å². The highest BCUT2D eigenvalue weighted by molar-refractivity contribution is 6.27. The van der Waals surface area contributed by atoms with Gasteiger partial charge in [0.2, 0.25) is 0 Å².